The van der Waals surface area contributed by atoms with Gasteiger partial charge in [0.15, 0.2) is 5.50 Å². The average Bonchev–Trinajstić information content (AvgIpc) is 3.14. The Bertz CT molecular complexity index is 670. The van der Waals surface area contributed by atoms with E-state index in [-0.39, 0.29) is 35.2 Å². The number of likely N-dealkylation sites (N-methyl/N-ethyl adjacent to an activating group) is 1. The van der Waals surface area contributed by atoms with E-state index in [0.717, 1.165) is 45.6 Å². The highest BCUT2D eigenvalue weighted by Crippen LogP contribution is 2.57. The fraction of sp³-hybridized carbons (Fsp3) is 0.875. The standard InChI is InChI=1S/C24H42N4O2S/c1-6-9-25-23-26-20-16(3)19-21(29)17(7-8-24(19,4)14-18(20)31-23)15(2)22(30)28-12-10-27(5)11-13-28/h6,15-21,23,25-26,29H,1,7-14H2,2-5H3/p+1/t15-,16+,17-,18?,19+,20?,21-,23?,24+/m0/s1. The predicted molar refractivity (Wildman–Crippen MR) is 126 cm³/mol. The smallest absolute Gasteiger partial charge is 0.225 e. The maximum absolute atomic E-state index is 13.3. The summed E-state index contributed by atoms with van der Waals surface area (Å²) < 4.78 is 0. The molecule has 0 aromatic carbocycles. The van der Waals surface area contributed by atoms with Gasteiger partial charge in [0.25, 0.3) is 0 Å². The van der Waals surface area contributed by atoms with Crippen LogP contribution >= 0.6 is 11.8 Å². The van der Waals surface area contributed by atoms with Crippen molar-refractivity contribution in [2.75, 3.05) is 39.8 Å². The fourth-order valence-electron chi connectivity index (χ4n) is 7.10. The number of amides is 1. The summed E-state index contributed by atoms with van der Waals surface area (Å²) in [6, 6.07) is 0.530. The molecule has 9 atom stereocenters. The van der Waals surface area contributed by atoms with Crippen molar-refractivity contribution in [3.8, 4) is 0 Å². The number of rotatable bonds is 5. The molecular formula is C24H43N4O2S+. The van der Waals surface area contributed by atoms with E-state index >= 15 is 0 Å². The lowest BCUT2D eigenvalue weighted by atomic mass is 9.51. The zero-order valence-corrected chi connectivity index (χ0v) is 20.6. The lowest BCUT2D eigenvalue weighted by Crippen LogP contribution is -2.96. The molecule has 0 aromatic heterocycles. The SMILES string of the molecule is C=CCNC1[NH2+]C2C(C[C@@]3(C)CC[C@@H]([C@H](C)C(=O)N4CCN(C)CC4)[C@H](O)[C@H]3[C@H]2C)S1. The number of carbonyl (C=O) groups excluding carboxylic acids is 1. The van der Waals surface area contributed by atoms with Gasteiger partial charge in [0.1, 0.15) is 6.04 Å². The average molecular weight is 452 g/mol. The van der Waals surface area contributed by atoms with Gasteiger partial charge in [0.2, 0.25) is 5.91 Å². The molecule has 3 unspecified atom stereocenters. The maximum Gasteiger partial charge on any atom is 0.225 e. The van der Waals surface area contributed by atoms with Crippen molar-refractivity contribution < 1.29 is 15.2 Å². The molecule has 4 rings (SSSR count). The number of thioether (sulfide) groups is 1. The van der Waals surface area contributed by atoms with Crippen LogP contribution < -0.4 is 10.6 Å². The Balaban J connectivity index is 1.45. The van der Waals surface area contributed by atoms with E-state index in [1.54, 1.807) is 0 Å². The molecule has 4 N–H and O–H groups in total. The molecule has 4 fully saturated rings. The van der Waals surface area contributed by atoms with Crippen LogP contribution in [-0.2, 0) is 4.79 Å². The second-order valence-electron chi connectivity index (χ2n) is 10.9. The Morgan fingerprint density at radius 2 is 2.10 bits per heavy atom. The normalized spacial score (nSPS) is 44.4. The molecule has 7 heteroatoms. The first-order chi connectivity index (χ1) is 14.7. The number of hydrogen-bond acceptors (Lipinski definition) is 5. The number of aliphatic hydroxyl groups excluding tert-OH is 1. The first-order valence-corrected chi connectivity index (χ1v) is 13.2. The highest BCUT2D eigenvalue weighted by Gasteiger charge is 2.60. The van der Waals surface area contributed by atoms with Gasteiger partial charge < -0.3 is 20.2 Å². The van der Waals surface area contributed by atoms with Crippen molar-refractivity contribution in [2.24, 2.45) is 29.1 Å². The number of aliphatic hydroxyl groups is 1. The number of carbonyl (C=O) groups is 1. The van der Waals surface area contributed by atoms with Crippen LogP contribution in [0.2, 0.25) is 0 Å². The molecule has 4 aliphatic rings. The maximum atomic E-state index is 13.3. The van der Waals surface area contributed by atoms with Gasteiger partial charge in [-0.2, -0.15) is 0 Å². The zero-order valence-electron chi connectivity index (χ0n) is 19.8. The highest BCUT2D eigenvalue weighted by molar-refractivity contribution is 8.00. The number of nitrogens with zero attached hydrogens (tertiary/aromatic N) is 2. The number of nitrogens with two attached hydrogens (primary N) is 1. The summed E-state index contributed by atoms with van der Waals surface area (Å²) in [5, 5.41) is 18.3. The quantitative estimate of drug-likeness (QED) is 0.543. The molecule has 31 heavy (non-hydrogen) atoms. The Morgan fingerprint density at radius 3 is 2.77 bits per heavy atom. The minimum atomic E-state index is -0.389. The topological polar surface area (TPSA) is 72.4 Å². The van der Waals surface area contributed by atoms with Gasteiger partial charge in [-0.05, 0) is 43.6 Å². The van der Waals surface area contributed by atoms with Crippen LogP contribution in [0.25, 0.3) is 0 Å². The molecule has 0 bridgehead atoms. The van der Waals surface area contributed by atoms with Crippen molar-refractivity contribution >= 4 is 17.7 Å². The number of piperazine rings is 1. The summed E-state index contributed by atoms with van der Waals surface area (Å²) in [5.74, 6) is 0.935. The summed E-state index contributed by atoms with van der Waals surface area (Å²) in [4.78, 5) is 17.6. The number of fused-ring (bicyclic) bond motifs is 2. The van der Waals surface area contributed by atoms with Crippen molar-refractivity contribution in [3.05, 3.63) is 12.7 Å². The molecule has 0 aromatic rings. The monoisotopic (exact) mass is 451 g/mol. The van der Waals surface area contributed by atoms with Crippen molar-refractivity contribution in [2.45, 2.75) is 62.9 Å². The van der Waals surface area contributed by atoms with Crippen LogP contribution in [0.3, 0.4) is 0 Å². The molecule has 2 saturated carbocycles. The molecule has 6 nitrogen and oxygen atoms in total. The molecule has 2 aliphatic carbocycles. The van der Waals surface area contributed by atoms with Gasteiger partial charge >= 0.3 is 0 Å². The minimum Gasteiger partial charge on any atom is -0.392 e. The minimum absolute atomic E-state index is 0.0768. The van der Waals surface area contributed by atoms with E-state index in [2.05, 4.69) is 61.7 Å². The summed E-state index contributed by atoms with van der Waals surface area (Å²) >= 11 is 2.06. The zero-order chi connectivity index (χ0) is 22.3. The third kappa shape index (κ3) is 4.45. The van der Waals surface area contributed by atoms with Gasteiger partial charge in [-0.1, -0.05) is 38.6 Å². The summed E-state index contributed by atoms with van der Waals surface area (Å²) in [6.07, 6.45) is 4.79. The van der Waals surface area contributed by atoms with Gasteiger partial charge in [-0.3, -0.25) is 10.1 Å². The molecule has 2 heterocycles. The third-order valence-corrected chi connectivity index (χ3v) is 10.4. The molecule has 2 aliphatic heterocycles. The van der Waals surface area contributed by atoms with Crippen molar-refractivity contribution in [1.29, 1.82) is 0 Å². The molecule has 0 spiro atoms. The van der Waals surface area contributed by atoms with E-state index < -0.39 is 0 Å². The van der Waals surface area contributed by atoms with Crippen LogP contribution in [0, 0.1) is 29.1 Å². The van der Waals surface area contributed by atoms with Gasteiger partial charge in [0, 0.05) is 44.6 Å². The Labute approximate surface area is 192 Å². The molecule has 176 valence electrons. The second kappa shape index (κ2) is 9.34. The fourth-order valence-corrected chi connectivity index (χ4v) is 8.94. The second-order valence-corrected chi connectivity index (χ2v) is 12.3. The van der Waals surface area contributed by atoms with Gasteiger partial charge in [0.05, 0.1) is 11.4 Å². The van der Waals surface area contributed by atoms with Gasteiger partial charge in [-0.15, -0.1) is 6.58 Å². The number of hydrogen-bond donors (Lipinski definition) is 3. The molecule has 1 amide bonds. The van der Waals surface area contributed by atoms with Crippen LogP contribution in [0.15, 0.2) is 12.7 Å². The number of quaternary nitrogens is 1. The first-order valence-electron chi connectivity index (χ1n) is 12.3. The Hall–Kier alpha value is -0.600. The molecule has 2 saturated heterocycles. The van der Waals surface area contributed by atoms with Crippen LogP contribution in [-0.4, -0.2) is 83.5 Å². The Kier molecular flexibility index (Phi) is 7.09. The van der Waals surface area contributed by atoms with E-state index in [1.165, 1.54) is 6.42 Å². The van der Waals surface area contributed by atoms with E-state index in [9.17, 15) is 9.90 Å². The highest BCUT2D eigenvalue weighted by atomic mass is 32.2. The lowest BCUT2D eigenvalue weighted by molar-refractivity contribution is -0.707. The van der Waals surface area contributed by atoms with E-state index in [4.69, 9.17) is 0 Å². The molecule has 0 radical (unpaired) electrons. The van der Waals surface area contributed by atoms with E-state index in [0.29, 0.717) is 22.7 Å². The van der Waals surface area contributed by atoms with Gasteiger partial charge in [-0.25, -0.2) is 0 Å². The van der Waals surface area contributed by atoms with Crippen molar-refractivity contribution in [1.82, 2.24) is 15.1 Å². The lowest BCUT2D eigenvalue weighted by Gasteiger charge is -2.56. The first kappa shape index (κ1) is 23.6. The van der Waals surface area contributed by atoms with Crippen LogP contribution in [0.5, 0.6) is 0 Å². The third-order valence-electron chi connectivity index (χ3n) is 8.96. The predicted octanol–water partition coefficient (Wildman–Crippen LogP) is 0.936. The summed E-state index contributed by atoms with van der Waals surface area (Å²) in [5.41, 5.74) is 0.547. The van der Waals surface area contributed by atoms with Crippen molar-refractivity contribution in [3.63, 3.8) is 0 Å². The number of nitrogens with one attached hydrogen (secondary N) is 1. The Morgan fingerprint density at radius 1 is 1.39 bits per heavy atom. The van der Waals surface area contributed by atoms with Crippen LogP contribution in [0.4, 0.5) is 0 Å². The summed E-state index contributed by atoms with van der Waals surface area (Å²) in [6.45, 7) is 15.0. The largest absolute Gasteiger partial charge is 0.392 e. The summed E-state index contributed by atoms with van der Waals surface area (Å²) in [7, 11) is 2.12. The van der Waals surface area contributed by atoms with Crippen LogP contribution in [0.1, 0.15) is 40.0 Å². The van der Waals surface area contributed by atoms with E-state index in [1.807, 2.05) is 11.0 Å². The molecular weight excluding hydrogens is 408 g/mol.